The molecule has 7 heteroatoms. The second kappa shape index (κ2) is 6.64. The Hall–Kier alpha value is -1.73. The second-order valence-electron chi connectivity index (χ2n) is 6.77. The van der Waals surface area contributed by atoms with Gasteiger partial charge in [-0.15, -0.1) is 0 Å². The Morgan fingerprint density at radius 1 is 1.08 bits per heavy atom. The van der Waals surface area contributed by atoms with Gasteiger partial charge >= 0.3 is 5.97 Å². The molecule has 0 spiro atoms. The largest absolute Gasteiger partial charge is 0.478 e. The number of likely N-dealkylation sites (tertiary alicyclic amines) is 1. The van der Waals surface area contributed by atoms with Gasteiger partial charge < -0.3 is 5.11 Å². The summed E-state index contributed by atoms with van der Waals surface area (Å²) in [6, 6.07) is 4.96. The Labute approximate surface area is 141 Å². The molecule has 24 heavy (non-hydrogen) atoms. The number of sulfone groups is 1. The van der Waals surface area contributed by atoms with Crippen molar-refractivity contribution in [2.24, 2.45) is 11.8 Å². The van der Waals surface area contributed by atoms with Gasteiger partial charge in [0.25, 0.3) is 0 Å². The highest BCUT2D eigenvalue weighted by atomic mass is 32.2. The van der Waals surface area contributed by atoms with Crippen LogP contribution in [-0.2, 0) is 14.6 Å². The third-order valence-corrected chi connectivity index (χ3v) is 6.71. The van der Waals surface area contributed by atoms with E-state index < -0.39 is 21.6 Å². The smallest absolute Gasteiger partial charge is 0.335 e. The molecule has 6 nitrogen and oxygen atoms in total. The summed E-state index contributed by atoms with van der Waals surface area (Å²) in [6.07, 6.45) is 3.69. The van der Waals surface area contributed by atoms with Gasteiger partial charge in [-0.2, -0.15) is 0 Å². The zero-order valence-corrected chi connectivity index (χ0v) is 14.2. The molecule has 0 bridgehead atoms. The maximum Gasteiger partial charge on any atom is 0.335 e. The summed E-state index contributed by atoms with van der Waals surface area (Å²) in [5, 5.41) is 8.84. The first-order valence-corrected chi connectivity index (χ1v) is 9.80. The predicted molar refractivity (Wildman–Crippen MR) is 87.7 cm³/mol. The van der Waals surface area contributed by atoms with Crippen LogP contribution in [0.3, 0.4) is 0 Å². The summed E-state index contributed by atoms with van der Waals surface area (Å²) in [7, 11) is -3.73. The van der Waals surface area contributed by atoms with E-state index in [0.717, 1.165) is 13.1 Å². The Morgan fingerprint density at radius 2 is 1.67 bits per heavy atom. The summed E-state index contributed by atoms with van der Waals surface area (Å²) < 4.78 is 24.6. The van der Waals surface area contributed by atoms with Gasteiger partial charge in [-0.3, -0.25) is 9.69 Å². The van der Waals surface area contributed by atoms with Crippen molar-refractivity contribution in [2.45, 2.75) is 24.2 Å². The van der Waals surface area contributed by atoms with Crippen molar-refractivity contribution in [3.8, 4) is 0 Å². The average molecular weight is 351 g/mol. The fourth-order valence-electron chi connectivity index (χ4n) is 3.86. The Morgan fingerprint density at radius 3 is 2.21 bits per heavy atom. The minimum atomic E-state index is -3.73. The molecule has 3 rings (SSSR count). The first-order chi connectivity index (χ1) is 11.3. The molecule has 0 aromatic heterocycles. The van der Waals surface area contributed by atoms with Crippen LogP contribution in [0.25, 0.3) is 0 Å². The zero-order valence-electron chi connectivity index (χ0n) is 13.3. The van der Waals surface area contributed by atoms with Gasteiger partial charge in [0, 0.05) is 13.1 Å². The van der Waals surface area contributed by atoms with Crippen LogP contribution in [0.5, 0.6) is 0 Å². The number of ketones is 1. The van der Waals surface area contributed by atoms with Crippen LogP contribution in [0.2, 0.25) is 0 Å². The number of benzene rings is 1. The number of aromatic carboxylic acids is 1. The van der Waals surface area contributed by atoms with Gasteiger partial charge in [0.1, 0.15) is 5.75 Å². The molecular weight excluding hydrogens is 330 g/mol. The topological polar surface area (TPSA) is 91.8 Å². The van der Waals surface area contributed by atoms with Crippen LogP contribution in [0.4, 0.5) is 0 Å². The monoisotopic (exact) mass is 351 g/mol. The molecule has 1 aliphatic heterocycles. The van der Waals surface area contributed by atoms with Gasteiger partial charge in [-0.05, 0) is 48.9 Å². The minimum Gasteiger partial charge on any atom is -0.478 e. The van der Waals surface area contributed by atoms with E-state index in [1.54, 1.807) is 0 Å². The predicted octanol–water partition coefficient (Wildman–Crippen LogP) is 1.46. The number of carbonyl (C=O) groups is 2. The van der Waals surface area contributed by atoms with Gasteiger partial charge in [0.2, 0.25) is 0 Å². The maximum absolute atomic E-state index is 12.3. The third kappa shape index (κ3) is 3.67. The number of carboxylic acid groups (broad SMARTS) is 1. The highest BCUT2D eigenvalue weighted by Crippen LogP contribution is 2.37. The molecule has 2 fully saturated rings. The van der Waals surface area contributed by atoms with E-state index in [1.807, 2.05) is 0 Å². The van der Waals surface area contributed by atoms with Crippen molar-refractivity contribution in [1.82, 2.24) is 4.90 Å². The number of fused-ring (bicyclic) bond motifs is 1. The molecule has 1 saturated carbocycles. The van der Waals surface area contributed by atoms with E-state index in [-0.39, 0.29) is 22.8 Å². The number of rotatable bonds is 6. The molecule has 0 radical (unpaired) electrons. The molecule has 1 N–H and O–H groups in total. The summed E-state index contributed by atoms with van der Waals surface area (Å²) in [5.41, 5.74) is 0.0175. The molecule has 2 unspecified atom stereocenters. The standard InChI is InChI=1S/C17H21NO5S/c19-15(10-18-8-13-2-1-3-14(13)9-18)11-24(22,23)16-6-4-12(5-7-16)17(20)21/h4-7,13-14H,1-3,8-11H2,(H,20,21). The number of nitrogens with zero attached hydrogens (tertiary/aromatic N) is 1. The van der Waals surface area contributed by atoms with Gasteiger partial charge in [0.15, 0.2) is 15.6 Å². The summed E-state index contributed by atoms with van der Waals surface area (Å²) >= 11 is 0. The van der Waals surface area contributed by atoms with Crippen molar-refractivity contribution < 1.29 is 23.1 Å². The van der Waals surface area contributed by atoms with Gasteiger partial charge in [-0.25, -0.2) is 13.2 Å². The van der Waals surface area contributed by atoms with E-state index in [2.05, 4.69) is 4.90 Å². The summed E-state index contributed by atoms with van der Waals surface area (Å²) in [6.45, 7) is 1.97. The maximum atomic E-state index is 12.3. The SMILES string of the molecule is O=C(CN1CC2CCCC2C1)CS(=O)(=O)c1ccc(C(=O)O)cc1. The van der Waals surface area contributed by atoms with Crippen LogP contribution in [0, 0.1) is 11.8 Å². The third-order valence-electron chi connectivity index (χ3n) is 5.01. The van der Waals surface area contributed by atoms with E-state index in [0.29, 0.717) is 11.8 Å². The molecule has 1 aromatic rings. The molecule has 1 aromatic carbocycles. The van der Waals surface area contributed by atoms with E-state index in [1.165, 1.54) is 43.5 Å². The average Bonchev–Trinajstić information content (AvgIpc) is 3.07. The van der Waals surface area contributed by atoms with Crippen molar-refractivity contribution in [2.75, 3.05) is 25.4 Å². The minimum absolute atomic E-state index is 0.0147. The lowest BCUT2D eigenvalue weighted by atomic mass is 10.0. The zero-order chi connectivity index (χ0) is 17.3. The van der Waals surface area contributed by atoms with Crippen LogP contribution in [-0.4, -0.2) is 55.6 Å². The number of carbonyl (C=O) groups excluding carboxylic acids is 1. The summed E-state index contributed by atoms with van der Waals surface area (Å²) in [5.74, 6) is -0.631. The Kier molecular flexibility index (Phi) is 4.73. The number of Topliss-reactive ketones (excluding diaryl/α,β-unsaturated/α-hetero) is 1. The van der Waals surface area contributed by atoms with E-state index >= 15 is 0 Å². The van der Waals surface area contributed by atoms with Crippen molar-refractivity contribution in [3.05, 3.63) is 29.8 Å². The first kappa shape index (κ1) is 17.1. The lowest BCUT2D eigenvalue weighted by molar-refractivity contribution is -0.117. The fourth-order valence-corrected chi connectivity index (χ4v) is 5.09. The second-order valence-corrected chi connectivity index (χ2v) is 8.76. The highest BCUT2D eigenvalue weighted by molar-refractivity contribution is 7.92. The lowest BCUT2D eigenvalue weighted by Gasteiger charge is -2.15. The molecule has 0 amide bonds. The van der Waals surface area contributed by atoms with Crippen molar-refractivity contribution in [3.63, 3.8) is 0 Å². The van der Waals surface area contributed by atoms with Gasteiger partial charge in [0.05, 0.1) is 17.0 Å². The highest BCUT2D eigenvalue weighted by Gasteiger charge is 2.36. The van der Waals surface area contributed by atoms with E-state index in [9.17, 15) is 18.0 Å². The van der Waals surface area contributed by atoms with Gasteiger partial charge in [-0.1, -0.05) is 6.42 Å². The normalized spacial score (nSPS) is 24.0. The van der Waals surface area contributed by atoms with E-state index in [4.69, 9.17) is 5.11 Å². The number of hydrogen-bond donors (Lipinski definition) is 1. The van der Waals surface area contributed by atoms with Crippen LogP contribution >= 0.6 is 0 Å². The van der Waals surface area contributed by atoms with Crippen LogP contribution in [0.15, 0.2) is 29.2 Å². The summed E-state index contributed by atoms with van der Waals surface area (Å²) in [4.78, 5) is 25.0. The molecule has 1 heterocycles. The van der Waals surface area contributed by atoms with Crippen LogP contribution in [0.1, 0.15) is 29.6 Å². The van der Waals surface area contributed by atoms with Crippen LogP contribution < -0.4 is 0 Å². The molecule has 2 aliphatic rings. The molecule has 1 aliphatic carbocycles. The Bertz CT molecular complexity index is 729. The lowest BCUT2D eigenvalue weighted by Crippen LogP contribution is -2.32. The molecular formula is C17H21NO5S. The molecule has 1 saturated heterocycles. The first-order valence-electron chi connectivity index (χ1n) is 8.15. The van der Waals surface area contributed by atoms with Crippen molar-refractivity contribution >= 4 is 21.6 Å². The Balaban J connectivity index is 1.59. The molecule has 2 atom stereocenters. The van der Waals surface area contributed by atoms with Crippen molar-refractivity contribution in [1.29, 1.82) is 0 Å². The molecule has 130 valence electrons. The number of hydrogen-bond acceptors (Lipinski definition) is 5. The number of carboxylic acids is 1. The fraction of sp³-hybridized carbons (Fsp3) is 0.529. The quantitative estimate of drug-likeness (QED) is 0.834.